The summed E-state index contributed by atoms with van der Waals surface area (Å²) in [7, 11) is -3.43. The van der Waals surface area contributed by atoms with Gasteiger partial charge in [0.15, 0.2) is 0 Å². The van der Waals surface area contributed by atoms with Gasteiger partial charge in [-0.1, -0.05) is 13.3 Å². The summed E-state index contributed by atoms with van der Waals surface area (Å²) in [6.45, 7) is 5.13. The van der Waals surface area contributed by atoms with Crippen molar-refractivity contribution < 1.29 is 13.2 Å². The molecule has 3 N–H and O–H groups in total. The summed E-state index contributed by atoms with van der Waals surface area (Å²) in [5.74, 6) is -0.794. The van der Waals surface area contributed by atoms with E-state index >= 15 is 0 Å². The monoisotopic (exact) mass is 250 g/mol. The molecule has 0 bridgehead atoms. The van der Waals surface area contributed by atoms with Crippen molar-refractivity contribution in [2.24, 2.45) is 11.7 Å². The maximum Gasteiger partial charge on any atom is 0.236 e. The maximum atomic E-state index is 11.5. The van der Waals surface area contributed by atoms with Crippen molar-refractivity contribution >= 4 is 15.9 Å². The standard InChI is InChI=1S/C10H22N2O3S/c1-4-16(14,15)12-10(13)8(2)6-5-7-9(3)11/h8-9H,4-7,11H2,1-3H3,(H,12,13). The highest BCUT2D eigenvalue weighted by Gasteiger charge is 2.17. The van der Waals surface area contributed by atoms with Gasteiger partial charge in [0.05, 0.1) is 5.75 Å². The van der Waals surface area contributed by atoms with Crippen LogP contribution >= 0.6 is 0 Å². The van der Waals surface area contributed by atoms with Crippen molar-refractivity contribution in [2.45, 2.75) is 46.1 Å². The van der Waals surface area contributed by atoms with E-state index in [0.29, 0.717) is 6.42 Å². The number of nitrogens with one attached hydrogen (secondary N) is 1. The van der Waals surface area contributed by atoms with Crippen LogP contribution < -0.4 is 10.5 Å². The molecule has 0 aromatic carbocycles. The van der Waals surface area contributed by atoms with E-state index in [1.807, 2.05) is 11.6 Å². The van der Waals surface area contributed by atoms with Gasteiger partial charge in [-0.3, -0.25) is 9.52 Å². The predicted octanol–water partition coefficient (Wildman–Crippen LogP) is 0.606. The van der Waals surface area contributed by atoms with Crippen LogP contribution in [0.25, 0.3) is 0 Å². The largest absolute Gasteiger partial charge is 0.328 e. The SMILES string of the molecule is CCS(=O)(=O)NC(=O)C(C)CCCC(C)N. The van der Waals surface area contributed by atoms with Crippen LogP contribution in [0.15, 0.2) is 0 Å². The number of hydrogen-bond donors (Lipinski definition) is 2. The van der Waals surface area contributed by atoms with E-state index in [4.69, 9.17) is 5.73 Å². The number of hydrogen-bond acceptors (Lipinski definition) is 4. The molecular weight excluding hydrogens is 228 g/mol. The van der Waals surface area contributed by atoms with Crippen LogP contribution in [-0.4, -0.2) is 26.1 Å². The van der Waals surface area contributed by atoms with Gasteiger partial charge in [0.2, 0.25) is 15.9 Å². The number of amides is 1. The number of carbonyl (C=O) groups is 1. The number of rotatable bonds is 7. The first-order chi connectivity index (χ1) is 7.28. The van der Waals surface area contributed by atoms with E-state index in [1.165, 1.54) is 6.92 Å². The second-order valence-electron chi connectivity index (χ2n) is 4.18. The molecule has 5 nitrogen and oxygen atoms in total. The quantitative estimate of drug-likeness (QED) is 0.692. The minimum Gasteiger partial charge on any atom is -0.328 e. The molecule has 1 amide bonds. The van der Waals surface area contributed by atoms with Crippen molar-refractivity contribution in [3.05, 3.63) is 0 Å². The molecule has 0 heterocycles. The molecule has 0 rings (SSSR count). The summed E-state index contributed by atoms with van der Waals surface area (Å²) in [5, 5.41) is 0. The Morgan fingerprint density at radius 3 is 2.31 bits per heavy atom. The fourth-order valence-electron chi connectivity index (χ4n) is 1.20. The first-order valence-electron chi connectivity index (χ1n) is 5.58. The zero-order valence-electron chi connectivity index (χ0n) is 10.2. The molecule has 0 aliphatic heterocycles. The number of sulfonamides is 1. The molecule has 2 atom stereocenters. The zero-order chi connectivity index (χ0) is 12.8. The van der Waals surface area contributed by atoms with Gasteiger partial charge in [-0.2, -0.15) is 0 Å². The van der Waals surface area contributed by atoms with Gasteiger partial charge in [-0.25, -0.2) is 8.42 Å². The van der Waals surface area contributed by atoms with Gasteiger partial charge < -0.3 is 5.73 Å². The van der Waals surface area contributed by atoms with Crippen molar-refractivity contribution in [3.63, 3.8) is 0 Å². The van der Waals surface area contributed by atoms with E-state index in [0.717, 1.165) is 12.8 Å². The Labute approximate surface area is 97.8 Å². The van der Waals surface area contributed by atoms with Gasteiger partial charge in [-0.15, -0.1) is 0 Å². The molecule has 0 aliphatic carbocycles. The molecule has 0 aromatic rings. The third-order valence-electron chi connectivity index (χ3n) is 2.38. The smallest absolute Gasteiger partial charge is 0.236 e. The molecule has 0 fully saturated rings. The molecule has 0 saturated carbocycles. The molecule has 16 heavy (non-hydrogen) atoms. The fraction of sp³-hybridized carbons (Fsp3) is 0.900. The topological polar surface area (TPSA) is 89.3 Å². The lowest BCUT2D eigenvalue weighted by Gasteiger charge is -2.12. The lowest BCUT2D eigenvalue weighted by atomic mass is 10.0. The zero-order valence-corrected chi connectivity index (χ0v) is 11.0. The molecule has 0 spiro atoms. The maximum absolute atomic E-state index is 11.5. The van der Waals surface area contributed by atoms with E-state index in [9.17, 15) is 13.2 Å². The van der Waals surface area contributed by atoms with E-state index < -0.39 is 15.9 Å². The number of nitrogens with two attached hydrogens (primary N) is 1. The normalized spacial score (nSPS) is 15.5. The molecule has 96 valence electrons. The Balaban J connectivity index is 4.00. The van der Waals surface area contributed by atoms with Crippen molar-refractivity contribution in [1.29, 1.82) is 0 Å². The average Bonchev–Trinajstić information content (AvgIpc) is 2.16. The third-order valence-corrected chi connectivity index (χ3v) is 3.65. The Morgan fingerprint density at radius 2 is 1.88 bits per heavy atom. The van der Waals surface area contributed by atoms with Crippen molar-refractivity contribution in [2.75, 3.05) is 5.75 Å². The predicted molar refractivity (Wildman–Crippen MR) is 64.3 cm³/mol. The Hall–Kier alpha value is -0.620. The van der Waals surface area contributed by atoms with Crippen molar-refractivity contribution in [1.82, 2.24) is 4.72 Å². The number of carbonyl (C=O) groups excluding carboxylic acids is 1. The minimum atomic E-state index is -3.43. The van der Waals surface area contributed by atoms with E-state index in [2.05, 4.69) is 0 Å². The molecule has 0 radical (unpaired) electrons. The van der Waals surface area contributed by atoms with Crippen LogP contribution in [0.5, 0.6) is 0 Å². The summed E-state index contributed by atoms with van der Waals surface area (Å²) >= 11 is 0. The van der Waals surface area contributed by atoms with Crippen molar-refractivity contribution in [3.8, 4) is 0 Å². The first-order valence-corrected chi connectivity index (χ1v) is 7.23. The Bertz CT molecular complexity index is 312. The highest BCUT2D eigenvalue weighted by molar-refractivity contribution is 7.90. The van der Waals surface area contributed by atoms with E-state index in [1.54, 1.807) is 6.92 Å². The van der Waals surface area contributed by atoms with Gasteiger partial charge in [0.1, 0.15) is 0 Å². The molecule has 0 saturated heterocycles. The summed E-state index contributed by atoms with van der Waals surface area (Å²) < 4.78 is 24.3. The van der Waals surface area contributed by atoms with E-state index in [-0.39, 0.29) is 17.7 Å². The van der Waals surface area contributed by atoms with Crippen LogP contribution in [0, 0.1) is 5.92 Å². The summed E-state index contributed by atoms with van der Waals surface area (Å²) in [4.78, 5) is 11.5. The van der Waals surface area contributed by atoms with Crippen LogP contribution in [-0.2, 0) is 14.8 Å². The minimum absolute atomic E-state index is 0.0781. The molecule has 0 aliphatic rings. The third kappa shape index (κ3) is 6.79. The Kier molecular flexibility index (Phi) is 6.59. The first kappa shape index (κ1) is 15.4. The van der Waals surface area contributed by atoms with Gasteiger partial charge in [-0.05, 0) is 26.7 Å². The van der Waals surface area contributed by atoms with Crippen LogP contribution in [0.1, 0.15) is 40.0 Å². The highest BCUT2D eigenvalue weighted by Crippen LogP contribution is 2.09. The lowest BCUT2D eigenvalue weighted by Crippen LogP contribution is -2.35. The lowest BCUT2D eigenvalue weighted by molar-refractivity contribution is -0.122. The van der Waals surface area contributed by atoms with Gasteiger partial charge in [0.25, 0.3) is 0 Å². The second kappa shape index (κ2) is 6.85. The summed E-state index contributed by atoms with van der Waals surface area (Å²) in [5.41, 5.74) is 5.58. The second-order valence-corrected chi connectivity index (χ2v) is 6.19. The van der Waals surface area contributed by atoms with Crippen LogP contribution in [0.3, 0.4) is 0 Å². The molecule has 0 aromatic heterocycles. The summed E-state index contributed by atoms with van der Waals surface area (Å²) in [6, 6.07) is 0.120. The highest BCUT2D eigenvalue weighted by atomic mass is 32.2. The van der Waals surface area contributed by atoms with Crippen LogP contribution in [0.4, 0.5) is 0 Å². The summed E-state index contributed by atoms with van der Waals surface area (Å²) in [6.07, 6.45) is 2.34. The Morgan fingerprint density at radius 1 is 1.31 bits per heavy atom. The van der Waals surface area contributed by atoms with Gasteiger partial charge in [0, 0.05) is 12.0 Å². The molecule has 2 unspecified atom stereocenters. The average molecular weight is 250 g/mol. The fourth-order valence-corrected chi connectivity index (χ4v) is 1.86. The van der Waals surface area contributed by atoms with Gasteiger partial charge >= 0.3 is 0 Å². The molecule has 6 heteroatoms. The van der Waals surface area contributed by atoms with Crippen LogP contribution in [0.2, 0.25) is 0 Å². The molecular formula is C10H22N2O3S.